The van der Waals surface area contributed by atoms with Gasteiger partial charge in [-0.15, -0.1) is 0 Å². The highest BCUT2D eigenvalue weighted by atomic mass is 16.5. The number of fused-ring (bicyclic) bond motifs is 1. The summed E-state index contributed by atoms with van der Waals surface area (Å²) in [6.07, 6.45) is 0.208. The van der Waals surface area contributed by atoms with E-state index >= 15 is 0 Å². The fourth-order valence-corrected chi connectivity index (χ4v) is 2.70. The van der Waals surface area contributed by atoms with Gasteiger partial charge in [-0.05, 0) is 25.0 Å². The Labute approximate surface area is 117 Å². The van der Waals surface area contributed by atoms with Crippen LogP contribution in [0.5, 0.6) is 0 Å². The van der Waals surface area contributed by atoms with Crippen LogP contribution < -0.4 is 0 Å². The Balaban J connectivity index is 1.99. The van der Waals surface area contributed by atoms with Crippen molar-refractivity contribution in [3.8, 4) is 6.07 Å². The molecule has 0 radical (unpaired) electrons. The summed E-state index contributed by atoms with van der Waals surface area (Å²) in [6, 6.07) is 13.8. The molecule has 1 aliphatic rings. The van der Waals surface area contributed by atoms with Crippen LogP contribution in [0, 0.1) is 16.7 Å². The fraction of sp³-hybridized carbons (Fsp3) is 0.375. The number of aliphatic hydroxyl groups excluding tert-OH is 1. The van der Waals surface area contributed by atoms with Crippen LogP contribution in [0.25, 0.3) is 10.9 Å². The van der Waals surface area contributed by atoms with Crippen LogP contribution in [0.2, 0.25) is 0 Å². The number of ether oxygens (including phenoxy) is 1. The number of hydrogen-bond donors (Lipinski definition) is 1. The van der Waals surface area contributed by atoms with Crippen LogP contribution in [-0.2, 0) is 4.74 Å². The number of benzene rings is 1. The lowest BCUT2D eigenvalue weighted by molar-refractivity contribution is -0.0325. The molecule has 1 aromatic carbocycles. The van der Waals surface area contributed by atoms with Gasteiger partial charge in [0.2, 0.25) is 0 Å². The van der Waals surface area contributed by atoms with Gasteiger partial charge >= 0.3 is 0 Å². The van der Waals surface area contributed by atoms with Gasteiger partial charge in [-0.2, -0.15) is 5.26 Å². The molecule has 1 atom stereocenters. The lowest BCUT2D eigenvalue weighted by Crippen LogP contribution is -2.34. The van der Waals surface area contributed by atoms with E-state index in [-0.39, 0.29) is 0 Å². The molecule has 3 rings (SSSR count). The monoisotopic (exact) mass is 268 g/mol. The minimum atomic E-state index is -0.874. The number of hydrogen-bond acceptors (Lipinski definition) is 4. The SMILES string of the molecule is N#CC1(C(O)c2ccc3ccccc3n2)CCOCC1. The van der Waals surface area contributed by atoms with Gasteiger partial charge in [0.25, 0.3) is 0 Å². The second-order valence-electron chi connectivity index (χ2n) is 5.21. The molecule has 20 heavy (non-hydrogen) atoms. The number of pyridine rings is 1. The average molecular weight is 268 g/mol. The van der Waals surface area contributed by atoms with Crippen LogP contribution in [0.15, 0.2) is 36.4 Å². The van der Waals surface area contributed by atoms with E-state index in [1.54, 1.807) is 0 Å². The summed E-state index contributed by atoms with van der Waals surface area (Å²) in [6.45, 7) is 1.02. The van der Waals surface area contributed by atoms with Crippen molar-refractivity contribution in [2.75, 3.05) is 13.2 Å². The Kier molecular flexibility index (Phi) is 3.39. The number of nitriles is 1. The Hall–Kier alpha value is -1.96. The fourth-order valence-electron chi connectivity index (χ4n) is 2.70. The van der Waals surface area contributed by atoms with Gasteiger partial charge in [0, 0.05) is 18.6 Å². The Morgan fingerprint density at radius 2 is 1.95 bits per heavy atom. The second-order valence-corrected chi connectivity index (χ2v) is 5.21. The molecule has 0 aliphatic carbocycles. The Bertz CT molecular complexity index is 657. The van der Waals surface area contributed by atoms with E-state index in [9.17, 15) is 10.4 Å². The summed E-state index contributed by atoms with van der Waals surface area (Å²) in [4.78, 5) is 4.50. The summed E-state index contributed by atoms with van der Waals surface area (Å²) in [5.74, 6) is 0. The highest BCUT2D eigenvalue weighted by Gasteiger charge is 2.41. The molecule has 1 unspecified atom stereocenters. The number of nitrogens with zero attached hydrogens (tertiary/aromatic N) is 2. The molecule has 1 aromatic heterocycles. The largest absolute Gasteiger partial charge is 0.385 e. The molecule has 4 nitrogen and oxygen atoms in total. The van der Waals surface area contributed by atoms with E-state index in [1.807, 2.05) is 36.4 Å². The smallest absolute Gasteiger partial charge is 0.115 e. The summed E-state index contributed by atoms with van der Waals surface area (Å²) < 4.78 is 5.30. The van der Waals surface area contributed by atoms with E-state index in [1.165, 1.54) is 0 Å². The molecule has 0 amide bonds. The molecule has 0 saturated carbocycles. The quantitative estimate of drug-likeness (QED) is 0.909. The van der Waals surface area contributed by atoms with Crippen molar-refractivity contribution in [2.45, 2.75) is 18.9 Å². The topological polar surface area (TPSA) is 66.1 Å². The third-order valence-electron chi connectivity index (χ3n) is 4.03. The van der Waals surface area contributed by atoms with Crippen LogP contribution in [0.3, 0.4) is 0 Å². The van der Waals surface area contributed by atoms with Crippen LogP contribution in [-0.4, -0.2) is 23.3 Å². The van der Waals surface area contributed by atoms with Gasteiger partial charge in [-0.25, -0.2) is 0 Å². The van der Waals surface area contributed by atoms with Crippen molar-refractivity contribution in [2.24, 2.45) is 5.41 Å². The van der Waals surface area contributed by atoms with Crippen LogP contribution in [0.1, 0.15) is 24.6 Å². The van der Waals surface area contributed by atoms with Crippen molar-refractivity contribution >= 4 is 10.9 Å². The zero-order valence-corrected chi connectivity index (χ0v) is 11.1. The summed E-state index contributed by atoms with van der Waals surface area (Å²) in [7, 11) is 0. The van der Waals surface area contributed by atoms with E-state index < -0.39 is 11.5 Å². The molecule has 1 N–H and O–H groups in total. The van der Waals surface area contributed by atoms with Gasteiger partial charge in [0.05, 0.1) is 22.7 Å². The van der Waals surface area contributed by atoms with Crippen LogP contribution in [0.4, 0.5) is 0 Å². The van der Waals surface area contributed by atoms with Gasteiger partial charge in [0.15, 0.2) is 0 Å². The first kappa shape index (κ1) is 13.0. The molecule has 2 heterocycles. The number of para-hydroxylation sites is 1. The first-order chi connectivity index (χ1) is 9.75. The molecular weight excluding hydrogens is 252 g/mol. The third kappa shape index (κ3) is 2.15. The molecular formula is C16H16N2O2. The second kappa shape index (κ2) is 5.20. The van der Waals surface area contributed by atoms with E-state index in [2.05, 4.69) is 11.1 Å². The van der Waals surface area contributed by atoms with E-state index in [0.717, 1.165) is 10.9 Å². The Morgan fingerprint density at radius 1 is 1.20 bits per heavy atom. The third-order valence-corrected chi connectivity index (χ3v) is 4.03. The lowest BCUT2D eigenvalue weighted by Gasteiger charge is -2.34. The van der Waals surface area contributed by atoms with Gasteiger partial charge in [-0.3, -0.25) is 4.98 Å². The van der Waals surface area contributed by atoms with E-state index in [4.69, 9.17) is 4.74 Å². The maximum Gasteiger partial charge on any atom is 0.115 e. The summed E-state index contributed by atoms with van der Waals surface area (Å²) in [5, 5.41) is 21.1. The number of rotatable bonds is 2. The van der Waals surface area contributed by atoms with Crippen molar-refractivity contribution in [1.82, 2.24) is 4.98 Å². The predicted molar refractivity (Wildman–Crippen MR) is 74.8 cm³/mol. The molecule has 1 aliphatic heterocycles. The minimum absolute atomic E-state index is 0.512. The average Bonchev–Trinajstić information content (AvgIpc) is 2.54. The highest BCUT2D eigenvalue weighted by Crippen LogP contribution is 2.41. The normalized spacial score (nSPS) is 19.4. The number of aliphatic hydroxyl groups is 1. The van der Waals surface area contributed by atoms with Crippen LogP contribution >= 0.6 is 0 Å². The van der Waals surface area contributed by atoms with Crippen molar-refractivity contribution < 1.29 is 9.84 Å². The summed E-state index contributed by atoms with van der Waals surface area (Å²) >= 11 is 0. The summed E-state index contributed by atoms with van der Waals surface area (Å²) in [5.41, 5.74) is 0.615. The maximum atomic E-state index is 10.6. The molecule has 2 aromatic rings. The Morgan fingerprint density at radius 3 is 2.70 bits per heavy atom. The van der Waals surface area contributed by atoms with Gasteiger partial charge in [0.1, 0.15) is 6.10 Å². The molecule has 102 valence electrons. The van der Waals surface area contributed by atoms with Gasteiger partial charge < -0.3 is 9.84 Å². The zero-order valence-electron chi connectivity index (χ0n) is 11.1. The molecule has 1 saturated heterocycles. The van der Waals surface area contributed by atoms with Crippen molar-refractivity contribution in [1.29, 1.82) is 5.26 Å². The predicted octanol–water partition coefficient (Wildman–Crippen LogP) is 2.59. The molecule has 0 spiro atoms. The zero-order chi connectivity index (χ0) is 14.0. The number of aromatic nitrogens is 1. The molecule has 4 heteroatoms. The molecule has 1 fully saturated rings. The lowest BCUT2D eigenvalue weighted by atomic mass is 9.75. The molecule has 0 bridgehead atoms. The highest BCUT2D eigenvalue weighted by molar-refractivity contribution is 5.78. The van der Waals surface area contributed by atoms with Crippen molar-refractivity contribution in [3.63, 3.8) is 0 Å². The first-order valence-corrected chi connectivity index (χ1v) is 6.78. The van der Waals surface area contributed by atoms with Crippen molar-refractivity contribution in [3.05, 3.63) is 42.1 Å². The van der Waals surface area contributed by atoms with Gasteiger partial charge in [-0.1, -0.05) is 24.3 Å². The van der Waals surface area contributed by atoms with E-state index in [0.29, 0.717) is 31.7 Å². The maximum absolute atomic E-state index is 10.6. The first-order valence-electron chi connectivity index (χ1n) is 6.78. The minimum Gasteiger partial charge on any atom is -0.385 e. The standard InChI is InChI=1S/C16H16N2O2/c17-11-16(7-9-20-10-8-16)15(19)14-6-5-12-3-1-2-4-13(12)18-14/h1-6,15,19H,7-10H2.